The summed E-state index contributed by atoms with van der Waals surface area (Å²) in [5.74, 6) is 0.972. The lowest BCUT2D eigenvalue weighted by Gasteiger charge is -2.35. The Bertz CT molecular complexity index is 557. The molecule has 1 N–H and O–H groups in total. The molecule has 1 saturated heterocycles. The van der Waals surface area contributed by atoms with Gasteiger partial charge in [-0.15, -0.1) is 24.0 Å². The normalized spacial score (nSPS) is 16.5. The third-order valence-electron chi connectivity index (χ3n) is 4.65. The van der Waals surface area contributed by atoms with Crippen molar-refractivity contribution in [1.29, 1.82) is 0 Å². The fourth-order valence-electron chi connectivity index (χ4n) is 3.11. The van der Waals surface area contributed by atoms with Gasteiger partial charge in [-0.1, -0.05) is 37.6 Å². The maximum Gasteiger partial charge on any atom is 0.193 e. The molecular weight excluding hydrogens is 449 g/mol. The molecule has 0 atom stereocenters. The number of likely N-dealkylation sites (tertiary alicyclic amines) is 1. The molecule has 1 aromatic rings. The summed E-state index contributed by atoms with van der Waals surface area (Å²) < 4.78 is 5.73. The van der Waals surface area contributed by atoms with Gasteiger partial charge < -0.3 is 15.0 Å². The summed E-state index contributed by atoms with van der Waals surface area (Å²) in [5, 5.41) is 4.32. The number of benzene rings is 1. The van der Waals surface area contributed by atoms with Crippen molar-refractivity contribution in [3.63, 3.8) is 0 Å². The van der Waals surface area contributed by atoms with Crippen LogP contribution in [0.5, 0.6) is 0 Å². The van der Waals surface area contributed by atoms with Crippen LogP contribution in [-0.4, -0.2) is 50.3 Å². The second-order valence-corrected chi connectivity index (χ2v) is 7.37. The lowest BCUT2D eigenvalue weighted by atomic mass is 9.84. The summed E-state index contributed by atoms with van der Waals surface area (Å²) in [6.45, 7) is 10.1. The van der Waals surface area contributed by atoms with Crippen molar-refractivity contribution < 1.29 is 4.74 Å². The zero-order valence-corrected chi connectivity index (χ0v) is 18.8. The van der Waals surface area contributed by atoms with Crippen molar-refractivity contribution in [2.75, 3.05) is 33.3 Å². The quantitative estimate of drug-likeness (QED) is 0.388. The largest absolute Gasteiger partial charge is 0.378 e. The highest BCUT2D eigenvalue weighted by Crippen LogP contribution is 2.25. The second kappa shape index (κ2) is 10.6. The smallest absolute Gasteiger partial charge is 0.193 e. The summed E-state index contributed by atoms with van der Waals surface area (Å²) in [5.41, 5.74) is 1.21. The Labute approximate surface area is 174 Å². The number of guanidine groups is 1. The zero-order chi connectivity index (χ0) is 17.6. The van der Waals surface area contributed by atoms with Gasteiger partial charge in [-0.05, 0) is 37.5 Å². The minimum absolute atomic E-state index is 0. The summed E-state index contributed by atoms with van der Waals surface area (Å²) in [7, 11) is 1.85. The van der Waals surface area contributed by atoms with Crippen LogP contribution in [0, 0.1) is 0 Å². The molecule has 1 fully saturated rings. The summed E-state index contributed by atoms with van der Waals surface area (Å²) in [6.07, 6.45) is 2.52. The Morgan fingerprint density at radius 3 is 2.60 bits per heavy atom. The predicted molar refractivity (Wildman–Crippen MR) is 117 cm³/mol. The number of hydrogen-bond donors (Lipinski definition) is 1. The van der Waals surface area contributed by atoms with Gasteiger partial charge in [0.25, 0.3) is 0 Å². The number of aliphatic imine (C=N–C) groups is 1. The first-order valence-electron chi connectivity index (χ1n) is 8.79. The fourth-order valence-corrected chi connectivity index (χ4v) is 3.30. The molecule has 142 valence electrons. The van der Waals surface area contributed by atoms with E-state index in [1.165, 1.54) is 5.56 Å². The molecule has 2 rings (SSSR count). The van der Waals surface area contributed by atoms with E-state index < -0.39 is 0 Å². The molecule has 0 bridgehead atoms. The molecule has 0 unspecified atom stereocenters. The van der Waals surface area contributed by atoms with E-state index in [9.17, 15) is 0 Å². The number of nitrogens with one attached hydrogen (secondary N) is 1. The highest BCUT2D eigenvalue weighted by atomic mass is 127. The second-order valence-electron chi connectivity index (χ2n) is 6.94. The Morgan fingerprint density at radius 1 is 1.36 bits per heavy atom. The summed E-state index contributed by atoms with van der Waals surface area (Å²) >= 11 is 6.14. The maximum absolute atomic E-state index is 6.14. The molecule has 1 aliphatic heterocycles. The lowest BCUT2D eigenvalue weighted by Crippen LogP contribution is -2.49. The van der Waals surface area contributed by atoms with E-state index in [-0.39, 0.29) is 29.4 Å². The number of nitrogens with zero attached hydrogens (tertiary/aromatic N) is 2. The molecule has 0 radical (unpaired) electrons. The molecule has 6 heteroatoms. The van der Waals surface area contributed by atoms with Crippen molar-refractivity contribution in [2.24, 2.45) is 4.99 Å². The van der Waals surface area contributed by atoms with E-state index in [2.05, 4.69) is 42.0 Å². The van der Waals surface area contributed by atoms with E-state index in [0.717, 1.165) is 50.1 Å². The number of halogens is 2. The summed E-state index contributed by atoms with van der Waals surface area (Å²) in [4.78, 5) is 6.78. The Morgan fingerprint density at radius 2 is 2.04 bits per heavy atom. The molecule has 0 saturated carbocycles. The molecule has 25 heavy (non-hydrogen) atoms. The minimum atomic E-state index is -0.0233. The van der Waals surface area contributed by atoms with Gasteiger partial charge in [-0.2, -0.15) is 0 Å². The molecule has 1 heterocycles. The van der Waals surface area contributed by atoms with Gasteiger partial charge in [0.05, 0.1) is 6.10 Å². The average Bonchev–Trinajstić information content (AvgIpc) is 2.57. The van der Waals surface area contributed by atoms with Crippen molar-refractivity contribution in [2.45, 2.75) is 45.1 Å². The van der Waals surface area contributed by atoms with Crippen LogP contribution in [-0.2, 0) is 10.2 Å². The first-order chi connectivity index (χ1) is 11.5. The van der Waals surface area contributed by atoms with Gasteiger partial charge in [-0.25, -0.2) is 0 Å². The van der Waals surface area contributed by atoms with Crippen LogP contribution in [0.25, 0.3) is 0 Å². The Balaban J connectivity index is 0.00000312. The van der Waals surface area contributed by atoms with Crippen LogP contribution >= 0.6 is 35.6 Å². The number of hydrogen-bond acceptors (Lipinski definition) is 2. The molecule has 0 amide bonds. The molecule has 0 spiro atoms. The minimum Gasteiger partial charge on any atom is -0.378 e. The van der Waals surface area contributed by atoms with Gasteiger partial charge in [-0.3, -0.25) is 4.99 Å². The first kappa shape index (κ1) is 22.5. The van der Waals surface area contributed by atoms with E-state index >= 15 is 0 Å². The van der Waals surface area contributed by atoms with E-state index in [0.29, 0.717) is 6.10 Å². The fraction of sp³-hybridized carbons (Fsp3) is 0.632. The number of ether oxygens (including phenoxy) is 1. The van der Waals surface area contributed by atoms with Crippen molar-refractivity contribution >= 4 is 41.5 Å². The highest BCUT2D eigenvalue weighted by molar-refractivity contribution is 14.0. The van der Waals surface area contributed by atoms with Crippen molar-refractivity contribution in [1.82, 2.24) is 10.2 Å². The monoisotopic (exact) mass is 479 g/mol. The number of piperidine rings is 1. The standard InChI is InChI=1S/C19H30ClN3O.HI/c1-5-24-17-9-11-23(12-10-17)18(21-4)22-14-19(2,3)15-7-6-8-16(20)13-15;/h6-8,13,17H,5,9-12,14H2,1-4H3,(H,21,22);1H. The van der Waals surface area contributed by atoms with E-state index in [1.54, 1.807) is 0 Å². The topological polar surface area (TPSA) is 36.9 Å². The average molecular weight is 480 g/mol. The highest BCUT2D eigenvalue weighted by Gasteiger charge is 2.25. The zero-order valence-electron chi connectivity index (χ0n) is 15.7. The maximum atomic E-state index is 6.14. The van der Waals surface area contributed by atoms with Crippen LogP contribution in [0.15, 0.2) is 29.3 Å². The predicted octanol–water partition coefficient (Wildman–Crippen LogP) is 4.31. The third-order valence-corrected chi connectivity index (χ3v) is 4.89. The van der Waals surface area contributed by atoms with Gasteiger partial charge in [0.1, 0.15) is 0 Å². The van der Waals surface area contributed by atoms with Crippen LogP contribution in [0.3, 0.4) is 0 Å². The van der Waals surface area contributed by atoms with Gasteiger partial charge in [0.2, 0.25) is 0 Å². The van der Waals surface area contributed by atoms with Gasteiger partial charge in [0, 0.05) is 43.7 Å². The van der Waals surface area contributed by atoms with Gasteiger partial charge in [0.15, 0.2) is 5.96 Å². The molecular formula is C19H31ClIN3O. The molecule has 0 aliphatic carbocycles. The molecule has 1 aromatic carbocycles. The third kappa shape index (κ3) is 6.61. The molecule has 0 aromatic heterocycles. The van der Waals surface area contributed by atoms with Crippen molar-refractivity contribution in [3.8, 4) is 0 Å². The van der Waals surface area contributed by atoms with E-state index in [4.69, 9.17) is 16.3 Å². The SMILES string of the molecule is CCOC1CCN(C(=NC)NCC(C)(C)c2cccc(Cl)c2)CC1.I. The number of rotatable bonds is 5. The van der Waals surface area contributed by atoms with Crippen LogP contribution < -0.4 is 5.32 Å². The van der Waals surface area contributed by atoms with Crippen molar-refractivity contribution in [3.05, 3.63) is 34.9 Å². The van der Waals surface area contributed by atoms with Crippen LogP contribution in [0.4, 0.5) is 0 Å². The van der Waals surface area contributed by atoms with Crippen LogP contribution in [0.2, 0.25) is 5.02 Å². The molecule has 4 nitrogen and oxygen atoms in total. The van der Waals surface area contributed by atoms with E-state index in [1.807, 2.05) is 25.2 Å². The molecule has 1 aliphatic rings. The Hall–Kier alpha value is -0.530. The van der Waals surface area contributed by atoms with Crippen LogP contribution in [0.1, 0.15) is 39.2 Å². The first-order valence-corrected chi connectivity index (χ1v) is 9.17. The summed E-state index contributed by atoms with van der Waals surface area (Å²) in [6, 6.07) is 8.09. The lowest BCUT2D eigenvalue weighted by molar-refractivity contribution is 0.0263. The van der Waals surface area contributed by atoms with Gasteiger partial charge >= 0.3 is 0 Å². The Kier molecular flexibility index (Phi) is 9.52.